The maximum Gasteiger partial charge on any atom is 0.131 e. The molecule has 0 aliphatic heterocycles. The standard InChI is InChI=1S/C17H24FN3/c1-10(2)21-15(19)14(20-16(21)17(4,5)6)12-8-7-11(3)13(18)9-12/h7-10H,19H2,1-6H3. The number of aromatic nitrogens is 2. The molecule has 0 radical (unpaired) electrons. The fourth-order valence-electron chi connectivity index (χ4n) is 2.45. The molecule has 0 saturated heterocycles. The fourth-order valence-corrected chi connectivity index (χ4v) is 2.45. The first-order chi connectivity index (χ1) is 9.62. The SMILES string of the molecule is Cc1ccc(-c2nc(C(C)(C)C)n(C(C)C)c2N)cc1F. The van der Waals surface area contributed by atoms with Crippen molar-refractivity contribution in [2.24, 2.45) is 0 Å². The Morgan fingerprint density at radius 2 is 1.86 bits per heavy atom. The Morgan fingerprint density at radius 3 is 2.29 bits per heavy atom. The molecule has 0 atom stereocenters. The van der Waals surface area contributed by atoms with E-state index in [-0.39, 0.29) is 17.3 Å². The van der Waals surface area contributed by atoms with Crippen LogP contribution in [0.15, 0.2) is 18.2 Å². The van der Waals surface area contributed by atoms with Gasteiger partial charge in [-0.05, 0) is 32.4 Å². The van der Waals surface area contributed by atoms with Crippen molar-refractivity contribution in [1.29, 1.82) is 0 Å². The van der Waals surface area contributed by atoms with E-state index in [4.69, 9.17) is 10.7 Å². The van der Waals surface area contributed by atoms with Gasteiger partial charge in [-0.25, -0.2) is 9.37 Å². The highest BCUT2D eigenvalue weighted by Crippen LogP contribution is 2.34. The molecule has 114 valence electrons. The molecule has 0 amide bonds. The molecule has 0 fully saturated rings. The molecule has 1 aromatic heterocycles. The van der Waals surface area contributed by atoms with Crippen molar-refractivity contribution in [1.82, 2.24) is 9.55 Å². The summed E-state index contributed by atoms with van der Waals surface area (Å²) in [6.45, 7) is 12.2. The van der Waals surface area contributed by atoms with Gasteiger partial charge in [-0.1, -0.05) is 32.9 Å². The van der Waals surface area contributed by atoms with Gasteiger partial charge < -0.3 is 10.3 Å². The molecule has 2 rings (SSSR count). The van der Waals surface area contributed by atoms with Crippen LogP contribution in [0.1, 0.15) is 52.0 Å². The van der Waals surface area contributed by atoms with Crippen molar-refractivity contribution in [3.63, 3.8) is 0 Å². The van der Waals surface area contributed by atoms with Crippen molar-refractivity contribution >= 4 is 5.82 Å². The third-order valence-electron chi connectivity index (χ3n) is 3.58. The number of rotatable bonds is 2. The third-order valence-corrected chi connectivity index (χ3v) is 3.58. The Bertz CT molecular complexity index is 663. The Balaban J connectivity index is 2.68. The van der Waals surface area contributed by atoms with E-state index in [0.717, 1.165) is 11.4 Å². The van der Waals surface area contributed by atoms with Crippen molar-refractivity contribution in [3.8, 4) is 11.3 Å². The molecule has 0 spiro atoms. The first-order valence-electron chi connectivity index (χ1n) is 7.27. The topological polar surface area (TPSA) is 43.8 Å². The number of aryl methyl sites for hydroxylation is 1. The van der Waals surface area contributed by atoms with Gasteiger partial charge in [0.15, 0.2) is 0 Å². The monoisotopic (exact) mass is 289 g/mol. The van der Waals surface area contributed by atoms with E-state index in [9.17, 15) is 4.39 Å². The van der Waals surface area contributed by atoms with Gasteiger partial charge in [0.05, 0.1) is 0 Å². The first-order valence-corrected chi connectivity index (χ1v) is 7.27. The van der Waals surface area contributed by atoms with Gasteiger partial charge in [-0.15, -0.1) is 0 Å². The molecular weight excluding hydrogens is 265 g/mol. The van der Waals surface area contributed by atoms with Crippen molar-refractivity contribution in [2.75, 3.05) is 5.73 Å². The minimum Gasteiger partial charge on any atom is -0.383 e. The van der Waals surface area contributed by atoms with Crippen LogP contribution in [0.4, 0.5) is 10.2 Å². The molecule has 4 heteroatoms. The number of nitrogens with zero attached hydrogens (tertiary/aromatic N) is 2. The molecule has 1 aromatic carbocycles. The van der Waals surface area contributed by atoms with E-state index < -0.39 is 0 Å². The van der Waals surface area contributed by atoms with Crippen LogP contribution < -0.4 is 5.73 Å². The molecule has 0 aliphatic rings. The molecule has 0 aliphatic carbocycles. The second-order valence-electron chi connectivity index (χ2n) is 6.85. The van der Waals surface area contributed by atoms with Crippen LogP contribution in [0.2, 0.25) is 0 Å². The van der Waals surface area contributed by atoms with Crippen molar-refractivity contribution in [2.45, 2.75) is 53.0 Å². The molecule has 2 aromatic rings. The quantitative estimate of drug-likeness (QED) is 0.887. The minimum absolute atomic E-state index is 0.125. The summed E-state index contributed by atoms with van der Waals surface area (Å²) in [6, 6.07) is 5.34. The molecular formula is C17H24FN3. The predicted molar refractivity (Wildman–Crippen MR) is 85.9 cm³/mol. The Kier molecular flexibility index (Phi) is 3.83. The van der Waals surface area contributed by atoms with Crippen LogP contribution in [-0.2, 0) is 5.41 Å². The zero-order valence-electron chi connectivity index (χ0n) is 13.7. The molecule has 1 heterocycles. The van der Waals surface area contributed by atoms with Gasteiger partial charge in [0.2, 0.25) is 0 Å². The average molecular weight is 289 g/mol. The van der Waals surface area contributed by atoms with Gasteiger partial charge in [-0.3, -0.25) is 0 Å². The summed E-state index contributed by atoms with van der Waals surface area (Å²) < 4.78 is 15.9. The largest absolute Gasteiger partial charge is 0.383 e. The number of anilines is 1. The van der Waals surface area contributed by atoms with Crippen LogP contribution >= 0.6 is 0 Å². The summed E-state index contributed by atoms with van der Waals surface area (Å²) in [7, 11) is 0. The molecule has 0 unspecified atom stereocenters. The number of halogens is 1. The summed E-state index contributed by atoms with van der Waals surface area (Å²) in [5.41, 5.74) is 8.18. The number of hydrogen-bond acceptors (Lipinski definition) is 2. The van der Waals surface area contributed by atoms with Gasteiger partial charge in [0.1, 0.15) is 23.2 Å². The first kappa shape index (κ1) is 15.5. The second-order valence-corrected chi connectivity index (χ2v) is 6.85. The van der Waals surface area contributed by atoms with E-state index in [1.54, 1.807) is 13.0 Å². The lowest BCUT2D eigenvalue weighted by molar-refractivity contribution is 0.473. The van der Waals surface area contributed by atoms with Gasteiger partial charge >= 0.3 is 0 Å². The highest BCUT2D eigenvalue weighted by molar-refractivity contribution is 5.71. The lowest BCUT2D eigenvalue weighted by atomic mass is 9.95. The van der Waals surface area contributed by atoms with Crippen molar-refractivity contribution < 1.29 is 4.39 Å². The molecule has 0 bridgehead atoms. The van der Waals surface area contributed by atoms with Gasteiger partial charge in [0.25, 0.3) is 0 Å². The minimum atomic E-state index is -0.233. The van der Waals surface area contributed by atoms with Gasteiger partial charge in [-0.2, -0.15) is 0 Å². The van der Waals surface area contributed by atoms with E-state index in [1.807, 2.05) is 10.6 Å². The molecule has 3 nitrogen and oxygen atoms in total. The summed E-state index contributed by atoms with van der Waals surface area (Å²) in [6.07, 6.45) is 0. The van der Waals surface area contributed by atoms with Crippen LogP contribution in [-0.4, -0.2) is 9.55 Å². The average Bonchev–Trinajstić information content (AvgIpc) is 2.70. The number of benzene rings is 1. The highest BCUT2D eigenvalue weighted by Gasteiger charge is 2.26. The lowest BCUT2D eigenvalue weighted by Gasteiger charge is -2.22. The van der Waals surface area contributed by atoms with Crippen LogP contribution in [0.5, 0.6) is 0 Å². The smallest absolute Gasteiger partial charge is 0.131 e. The number of hydrogen-bond donors (Lipinski definition) is 1. The highest BCUT2D eigenvalue weighted by atomic mass is 19.1. The van der Waals surface area contributed by atoms with E-state index in [0.29, 0.717) is 17.1 Å². The molecule has 21 heavy (non-hydrogen) atoms. The van der Waals surface area contributed by atoms with E-state index in [2.05, 4.69) is 34.6 Å². The summed E-state index contributed by atoms with van der Waals surface area (Å²) in [5.74, 6) is 1.28. The van der Waals surface area contributed by atoms with E-state index >= 15 is 0 Å². The van der Waals surface area contributed by atoms with Crippen LogP contribution in [0.25, 0.3) is 11.3 Å². The zero-order valence-corrected chi connectivity index (χ0v) is 13.7. The summed E-state index contributed by atoms with van der Waals surface area (Å²) in [4.78, 5) is 4.71. The predicted octanol–water partition coefficient (Wildman–Crippen LogP) is 4.46. The third kappa shape index (κ3) is 2.80. The Morgan fingerprint density at radius 1 is 1.24 bits per heavy atom. The molecule has 0 saturated carbocycles. The maximum absolute atomic E-state index is 13.8. The Labute approximate surface area is 126 Å². The van der Waals surface area contributed by atoms with Crippen LogP contribution in [0.3, 0.4) is 0 Å². The Hall–Kier alpha value is -1.84. The number of imidazole rings is 1. The van der Waals surface area contributed by atoms with E-state index in [1.165, 1.54) is 6.07 Å². The van der Waals surface area contributed by atoms with Crippen LogP contribution in [0, 0.1) is 12.7 Å². The fraction of sp³-hybridized carbons (Fsp3) is 0.471. The number of nitrogen functional groups attached to an aromatic ring is 1. The number of nitrogens with two attached hydrogens (primary N) is 1. The van der Waals surface area contributed by atoms with Gasteiger partial charge in [0, 0.05) is 17.0 Å². The maximum atomic E-state index is 13.8. The summed E-state index contributed by atoms with van der Waals surface area (Å²) in [5, 5.41) is 0. The molecule has 2 N–H and O–H groups in total. The lowest BCUT2D eigenvalue weighted by Crippen LogP contribution is -2.21. The van der Waals surface area contributed by atoms with Crippen molar-refractivity contribution in [3.05, 3.63) is 35.4 Å². The zero-order chi connectivity index (χ0) is 15.9. The normalized spacial score (nSPS) is 12.2. The second kappa shape index (κ2) is 5.17. The summed E-state index contributed by atoms with van der Waals surface area (Å²) >= 11 is 0.